The van der Waals surface area contributed by atoms with Gasteiger partial charge in [-0.15, -0.1) is 0 Å². The van der Waals surface area contributed by atoms with Gasteiger partial charge in [0.25, 0.3) is 0 Å². The Bertz CT molecular complexity index is 843. The van der Waals surface area contributed by atoms with Gasteiger partial charge in [-0.25, -0.2) is 8.42 Å². The van der Waals surface area contributed by atoms with Crippen molar-refractivity contribution >= 4 is 21.9 Å². The van der Waals surface area contributed by atoms with Crippen molar-refractivity contribution in [1.29, 1.82) is 0 Å². The molecule has 0 saturated carbocycles. The highest BCUT2D eigenvalue weighted by Crippen LogP contribution is 2.22. The minimum atomic E-state index is -3.55. The summed E-state index contributed by atoms with van der Waals surface area (Å²) >= 11 is 0. The molecular formula is C17H18N2O4S. The molecule has 7 heteroatoms. The summed E-state index contributed by atoms with van der Waals surface area (Å²) in [7, 11) is -3.55. The van der Waals surface area contributed by atoms with Crippen LogP contribution in [0, 0.1) is 0 Å². The lowest BCUT2D eigenvalue weighted by Crippen LogP contribution is -2.40. The highest BCUT2D eigenvalue weighted by Gasteiger charge is 2.26. The van der Waals surface area contributed by atoms with Crippen LogP contribution in [0.2, 0.25) is 0 Å². The van der Waals surface area contributed by atoms with Crippen molar-refractivity contribution in [2.75, 3.05) is 26.3 Å². The molecule has 6 nitrogen and oxygen atoms in total. The molecule has 1 saturated heterocycles. The Morgan fingerprint density at radius 3 is 2.58 bits per heavy atom. The van der Waals surface area contributed by atoms with E-state index in [1.165, 1.54) is 16.6 Å². The molecule has 0 unspecified atom stereocenters. The highest BCUT2D eigenvalue weighted by atomic mass is 32.2. The van der Waals surface area contributed by atoms with Gasteiger partial charge in [-0.1, -0.05) is 18.2 Å². The summed E-state index contributed by atoms with van der Waals surface area (Å²) < 4.78 is 31.9. The second-order valence-corrected chi connectivity index (χ2v) is 7.27. The molecule has 1 aliphatic rings. The normalized spacial score (nSPS) is 16.5. The number of hydrogen-bond donors (Lipinski definition) is 1. The number of phenolic OH excluding ortho intramolecular Hbond substituents is 1. The summed E-state index contributed by atoms with van der Waals surface area (Å²) in [6, 6.07) is 13.3. The highest BCUT2D eigenvalue weighted by molar-refractivity contribution is 7.89. The van der Waals surface area contributed by atoms with Crippen LogP contribution in [0.5, 0.6) is 5.75 Å². The molecule has 3 rings (SSSR count). The maximum atomic E-state index is 12.6. The molecule has 0 atom stereocenters. The molecule has 0 aliphatic carbocycles. The number of benzene rings is 2. The molecule has 1 N–H and O–H groups in total. The van der Waals surface area contributed by atoms with E-state index >= 15 is 0 Å². The molecule has 2 aromatic rings. The van der Waals surface area contributed by atoms with Crippen LogP contribution < -0.4 is 0 Å². The van der Waals surface area contributed by atoms with Gasteiger partial charge in [-0.3, -0.25) is 4.99 Å². The van der Waals surface area contributed by atoms with Crippen molar-refractivity contribution in [2.24, 2.45) is 4.99 Å². The predicted molar refractivity (Wildman–Crippen MR) is 91.4 cm³/mol. The van der Waals surface area contributed by atoms with Crippen molar-refractivity contribution in [3.05, 3.63) is 54.1 Å². The van der Waals surface area contributed by atoms with Crippen LogP contribution in [0.25, 0.3) is 0 Å². The zero-order valence-electron chi connectivity index (χ0n) is 13.0. The summed E-state index contributed by atoms with van der Waals surface area (Å²) in [5.41, 5.74) is 1.08. The number of morpholine rings is 1. The molecule has 0 aromatic heterocycles. The van der Waals surface area contributed by atoms with Crippen molar-refractivity contribution in [1.82, 2.24) is 4.31 Å². The number of phenols is 1. The second kappa shape index (κ2) is 7.12. The van der Waals surface area contributed by atoms with Gasteiger partial charge < -0.3 is 9.84 Å². The fourth-order valence-corrected chi connectivity index (χ4v) is 3.85. The number of hydrogen-bond acceptors (Lipinski definition) is 5. The van der Waals surface area contributed by atoms with Gasteiger partial charge in [0.2, 0.25) is 10.0 Å². The SMILES string of the molecule is O=S(=O)(c1cccc(N=Cc2ccccc2O)c1)N1CCOCC1. The van der Waals surface area contributed by atoms with Crippen LogP contribution in [0.15, 0.2) is 58.4 Å². The third kappa shape index (κ3) is 3.64. The van der Waals surface area contributed by atoms with E-state index in [-0.39, 0.29) is 10.6 Å². The molecule has 0 radical (unpaired) electrons. The van der Waals surface area contributed by atoms with E-state index in [4.69, 9.17) is 4.74 Å². The predicted octanol–water partition coefficient (Wildman–Crippen LogP) is 2.16. The fourth-order valence-electron chi connectivity index (χ4n) is 2.40. The molecule has 1 heterocycles. The molecular weight excluding hydrogens is 328 g/mol. The van der Waals surface area contributed by atoms with Crippen LogP contribution in [0.4, 0.5) is 5.69 Å². The molecule has 0 spiro atoms. The Labute approximate surface area is 141 Å². The standard InChI is InChI=1S/C17H18N2O4S/c20-17-7-2-1-4-14(17)13-18-15-5-3-6-16(12-15)24(21,22)19-8-10-23-11-9-19/h1-7,12-13,20H,8-11H2. The van der Waals surface area contributed by atoms with E-state index in [2.05, 4.69) is 4.99 Å². The Balaban J connectivity index is 1.85. The zero-order valence-corrected chi connectivity index (χ0v) is 13.8. The van der Waals surface area contributed by atoms with Gasteiger partial charge in [-0.2, -0.15) is 4.31 Å². The number of ether oxygens (including phenoxy) is 1. The number of aliphatic imine (C=N–C) groups is 1. The zero-order chi connectivity index (χ0) is 17.0. The number of rotatable bonds is 4. The van der Waals surface area contributed by atoms with Crippen LogP contribution in [0.1, 0.15) is 5.56 Å². The van der Waals surface area contributed by atoms with Gasteiger partial charge >= 0.3 is 0 Å². The third-order valence-corrected chi connectivity index (χ3v) is 5.61. The Kier molecular flexibility index (Phi) is 4.94. The molecule has 2 aromatic carbocycles. The smallest absolute Gasteiger partial charge is 0.243 e. The molecule has 1 aliphatic heterocycles. The molecule has 24 heavy (non-hydrogen) atoms. The molecule has 0 bridgehead atoms. The Hall–Kier alpha value is -2.22. The quantitative estimate of drug-likeness (QED) is 0.861. The number of sulfonamides is 1. The van der Waals surface area contributed by atoms with Crippen molar-refractivity contribution in [2.45, 2.75) is 4.90 Å². The summed E-state index contributed by atoms with van der Waals surface area (Å²) in [4.78, 5) is 4.47. The first-order chi connectivity index (χ1) is 11.6. The first-order valence-electron chi connectivity index (χ1n) is 7.57. The minimum Gasteiger partial charge on any atom is -0.507 e. The summed E-state index contributed by atoms with van der Waals surface area (Å²) in [5, 5.41) is 9.74. The molecule has 1 fully saturated rings. The summed E-state index contributed by atoms with van der Waals surface area (Å²) in [5.74, 6) is 0.123. The van der Waals surface area contributed by atoms with Crippen LogP contribution in [-0.2, 0) is 14.8 Å². The third-order valence-electron chi connectivity index (χ3n) is 3.71. The fraction of sp³-hybridized carbons (Fsp3) is 0.235. The van der Waals surface area contributed by atoms with Gasteiger partial charge in [0, 0.05) is 24.9 Å². The lowest BCUT2D eigenvalue weighted by Gasteiger charge is -2.26. The lowest BCUT2D eigenvalue weighted by atomic mass is 10.2. The molecule has 126 valence electrons. The van der Waals surface area contributed by atoms with E-state index in [1.54, 1.807) is 42.5 Å². The van der Waals surface area contributed by atoms with Gasteiger partial charge in [0.15, 0.2) is 0 Å². The lowest BCUT2D eigenvalue weighted by molar-refractivity contribution is 0.0730. The number of aromatic hydroxyl groups is 1. The Morgan fingerprint density at radius 1 is 1.08 bits per heavy atom. The largest absolute Gasteiger partial charge is 0.507 e. The average molecular weight is 346 g/mol. The van der Waals surface area contributed by atoms with Gasteiger partial charge in [0.05, 0.1) is 23.8 Å². The van der Waals surface area contributed by atoms with Gasteiger partial charge in [-0.05, 0) is 30.3 Å². The van der Waals surface area contributed by atoms with Crippen LogP contribution in [-0.4, -0.2) is 50.3 Å². The first-order valence-corrected chi connectivity index (χ1v) is 9.01. The van der Waals surface area contributed by atoms with E-state index in [1.807, 2.05) is 0 Å². The summed E-state index contributed by atoms with van der Waals surface area (Å²) in [6.07, 6.45) is 1.51. The topological polar surface area (TPSA) is 79.2 Å². The molecule has 0 amide bonds. The van der Waals surface area contributed by atoms with Crippen molar-refractivity contribution in [3.63, 3.8) is 0 Å². The van der Waals surface area contributed by atoms with Gasteiger partial charge in [0.1, 0.15) is 5.75 Å². The second-order valence-electron chi connectivity index (χ2n) is 5.33. The van der Waals surface area contributed by atoms with Crippen molar-refractivity contribution in [3.8, 4) is 5.75 Å². The van der Waals surface area contributed by atoms with Crippen LogP contribution in [0.3, 0.4) is 0 Å². The number of nitrogens with zero attached hydrogens (tertiary/aromatic N) is 2. The average Bonchev–Trinajstić information content (AvgIpc) is 2.62. The van der Waals surface area contributed by atoms with Crippen LogP contribution >= 0.6 is 0 Å². The number of para-hydroxylation sites is 1. The van der Waals surface area contributed by atoms with Crippen molar-refractivity contribution < 1.29 is 18.3 Å². The van der Waals surface area contributed by atoms with E-state index in [0.717, 1.165) is 0 Å². The Morgan fingerprint density at radius 2 is 1.83 bits per heavy atom. The maximum Gasteiger partial charge on any atom is 0.243 e. The van der Waals surface area contributed by atoms with E-state index in [9.17, 15) is 13.5 Å². The monoisotopic (exact) mass is 346 g/mol. The minimum absolute atomic E-state index is 0.123. The first kappa shape index (κ1) is 16.6. The maximum absolute atomic E-state index is 12.6. The van der Waals surface area contributed by atoms with E-state index in [0.29, 0.717) is 37.6 Å². The summed E-state index contributed by atoms with van der Waals surface area (Å²) in [6.45, 7) is 1.52. The van der Waals surface area contributed by atoms with E-state index < -0.39 is 10.0 Å².